The Bertz CT molecular complexity index is 579. The van der Waals surface area contributed by atoms with Crippen LogP contribution in [0.25, 0.3) is 10.9 Å². The molecule has 2 N–H and O–H groups in total. The molecule has 0 aliphatic rings. The first-order valence-electron chi connectivity index (χ1n) is 6.00. The van der Waals surface area contributed by atoms with E-state index < -0.39 is 0 Å². The average molecular weight is 264 g/mol. The Morgan fingerprint density at radius 1 is 1.28 bits per heavy atom. The highest BCUT2D eigenvalue weighted by Gasteiger charge is 2.10. The van der Waals surface area contributed by atoms with Crippen LogP contribution in [0.3, 0.4) is 0 Å². The summed E-state index contributed by atoms with van der Waals surface area (Å²) < 4.78 is 0. The lowest BCUT2D eigenvalue weighted by molar-refractivity contribution is 0.928. The molecular formula is C14H18ClN3. The van der Waals surface area contributed by atoms with Crippen LogP contribution in [-0.2, 0) is 6.42 Å². The molecule has 0 spiro atoms. The van der Waals surface area contributed by atoms with E-state index in [0.717, 1.165) is 39.3 Å². The van der Waals surface area contributed by atoms with Crippen molar-refractivity contribution in [2.24, 2.45) is 5.73 Å². The molecule has 2 rings (SSSR count). The van der Waals surface area contributed by atoms with E-state index in [1.165, 1.54) is 0 Å². The molecule has 0 bridgehead atoms. The third-order valence-electron chi connectivity index (χ3n) is 2.98. The summed E-state index contributed by atoms with van der Waals surface area (Å²) in [6.45, 7) is 2.64. The minimum absolute atomic E-state index is 0.609. The van der Waals surface area contributed by atoms with Gasteiger partial charge in [-0.05, 0) is 37.2 Å². The minimum atomic E-state index is 0.609. The Morgan fingerprint density at radius 3 is 2.61 bits per heavy atom. The maximum absolute atomic E-state index is 6.14. The number of anilines is 1. The Labute approximate surface area is 113 Å². The number of aryl methyl sites for hydroxylation is 1. The maximum atomic E-state index is 6.14. The first-order chi connectivity index (χ1) is 8.52. The number of nitrogens with zero attached hydrogens (tertiary/aromatic N) is 2. The quantitative estimate of drug-likeness (QED) is 0.926. The van der Waals surface area contributed by atoms with E-state index in [1.807, 2.05) is 33.2 Å². The van der Waals surface area contributed by atoms with Gasteiger partial charge in [0, 0.05) is 42.3 Å². The fourth-order valence-electron chi connectivity index (χ4n) is 2.14. The number of benzene rings is 1. The molecule has 2 aromatic rings. The van der Waals surface area contributed by atoms with E-state index >= 15 is 0 Å². The normalized spacial score (nSPS) is 10.9. The Morgan fingerprint density at radius 2 is 2.00 bits per heavy atom. The Kier molecular flexibility index (Phi) is 3.73. The summed E-state index contributed by atoms with van der Waals surface area (Å²) in [6.07, 6.45) is 0.791. The SMILES string of the molecule is Cc1cc(Cl)cc2c(N(C)C)cc(CCN)nc12. The molecular weight excluding hydrogens is 246 g/mol. The third-order valence-corrected chi connectivity index (χ3v) is 3.20. The standard InChI is InChI=1S/C14H18ClN3/c1-9-6-10(15)7-12-13(18(2)3)8-11(4-5-16)17-14(9)12/h6-8H,4-5,16H2,1-3H3. The first kappa shape index (κ1) is 13.1. The van der Waals surface area contributed by atoms with Crippen LogP contribution >= 0.6 is 11.6 Å². The number of hydrogen-bond donors (Lipinski definition) is 1. The van der Waals surface area contributed by atoms with Gasteiger partial charge in [0.05, 0.1) is 5.52 Å². The fraction of sp³-hybridized carbons (Fsp3) is 0.357. The van der Waals surface area contributed by atoms with Crippen molar-refractivity contribution in [1.82, 2.24) is 4.98 Å². The topological polar surface area (TPSA) is 42.1 Å². The molecule has 0 saturated carbocycles. The van der Waals surface area contributed by atoms with Gasteiger partial charge >= 0.3 is 0 Å². The number of aromatic nitrogens is 1. The fourth-order valence-corrected chi connectivity index (χ4v) is 2.41. The van der Waals surface area contributed by atoms with Crippen LogP contribution in [0.1, 0.15) is 11.3 Å². The van der Waals surface area contributed by atoms with E-state index in [1.54, 1.807) is 0 Å². The molecule has 96 valence electrons. The van der Waals surface area contributed by atoms with E-state index in [9.17, 15) is 0 Å². The first-order valence-corrected chi connectivity index (χ1v) is 6.38. The van der Waals surface area contributed by atoms with Crippen molar-refractivity contribution >= 4 is 28.2 Å². The molecule has 3 nitrogen and oxygen atoms in total. The van der Waals surface area contributed by atoms with Crippen LogP contribution in [0.5, 0.6) is 0 Å². The van der Waals surface area contributed by atoms with Crippen molar-refractivity contribution in [2.75, 3.05) is 25.5 Å². The number of halogens is 1. The zero-order chi connectivity index (χ0) is 13.3. The second kappa shape index (κ2) is 5.12. The smallest absolute Gasteiger partial charge is 0.0756 e. The molecule has 0 radical (unpaired) electrons. The highest BCUT2D eigenvalue weighted by Crippen LogP contribution is 2.30. The van der Waals surface area contributed by atoms with Crippen molar-refractivity contribution < 1.29 is 0 Å². The molecule has 4 heteroatoms. The molecule has 18 heavy (non-hydrogen) atoms. The van der Waals surface area contributed by atoms with Gasteiger partial charge in [0.2, 0.25) is 0 Å². The van der Waals surface area contributed by atoms with E-state index in [2.05, 4.69) is 16.0 Å². The van der Waals surface area contributed by atoms with Gasteiger partial charge in [-0.15, -0.1) is 0 Å². The average Bonchev–Trinajstić information content (AvgIpc) is 2.29. The van der Waals surface area contributed by atoms with Crippen LogP contribution in [0, 0.1) is 6.92 Å². The lowest BCUT2D eigenvalue weighted by atomic mass is 10.1. The third kappa shape index (κ3) is 2.42. The van der Waals surface area contributed by atoms with Gasteiger partial charge < -0.3 is 10.6 Å². The van der Waals surface area contributed by atoms with E-state index in [0.29, 0.717) is 6.54 Å². The predicted octanol–water partition coefficient (Wildman–Crippen LogP) is 2.76. The number of pyridine rings is 1. The van der Waals surface area contributed by atoms with Gasteiger partial charge in [0.25, 0.3) is 0 Å². The van der Waals surface area contributed by atoms with Crippen molar-refractivity contribution in [2.45, 2.75) is 13.3 Å². The highest BCUT2D eigenvalue weighted by atomic mass is 35.5. The summed E-state index contributed by atoms with van der Waals surface area (Å²) >= 11 is 6.14. The summed E-state index contributed by atoms with van der Waals surface area (Å²) in [7, 11) is 4.05. The largest absolute Gasteiger partial charge is 0.377 e. The van der Waals surface area contributed by atoms with Gasteiger partial charge in [-0.25, -0.2) is 0 Å². The summed E-state index contributed by atoms with van der Waals surface area (Å²) in [5.41, 5.74) is 9.88. The molecule has 0 unspecified atom stereocenters. The number of nitrogens with two attached hydrogens (primary N) is 1. The van der Waals surface area contributed by atoms with Gasteiger partial charge in [0.15, 0.2) is 0 Å². The van der Waals surface area contributed by atoms with Crippen molar-refractivity contribution in [3.63, 3.8) is 0 Å². The molecule has 1 aromatic heterocycles. The van der Waals surface area contributed by atoms with Crippen LogP contribution in [-0.4, -0.2) is 25.6 Å². The highest BCUT2D eigenvalue weighted by molar-refractivity contribution is 6.31. The van der Waals surface area contributed by atoms with Crippen molar-refractivity contribution in [1.29, 1.82) is 0 Å². The second-order valence-corrected chi connectivity index (χ2v) is 5.12. The Hall–Kier alpha value is -1.32. The maximum Gasteiger partial charge on any atom is 0.0756 e. The minimum Gasteiger partial charge on any atom is -0.377 e. The van der Waals surface area contributed by atoms with Gasteiger partial charge in [-0.1, -0.05) is 11.6 Å². The van der Waals surface area contributed by atoms with Crippen LogP contribution in [0.4, 0.5) is 5.69 Å². The van der Waals surface area contributed by atoms with Crippen molar-refractivity contribution in [3.05, 3.63) is 34.5 Å². The van der Waals surface area contributed by atoms with Crippen LogP contribution in [0.2, 0.25) is 5.02 Å². The van der Waals surface area contributed by atoms with Crippen molar-refractivity contribution in [3.8, 4) is 0 Å². The second-order valence-electron chi connectivity index (χ2n) is 4.68. The molecule has 1 heterocycles. The van der Waals surface area contributed by atoms with E-state index in [-0.39, 0.29) is 0 Å². The summed E-state index contributed by atoms with van der Waals surface area (Å²) in [6, 6.07) is 6.01. The van der Waals surface area contributed by atoms with Crippen LogP contribution in [0.15, 0.2) is 18.2 Å². The van der Waals surface area contributed by atoms with Gasteiger partial charge in [0.1, 0.15) is 0 Å². The zero-order valence-electron chi connectivity index (χ0n) is 11.0. The molecule has 1 aromatic carbocycles. The summed E-state index contributed by atoms with van der Waals surface area (Å²) in [4.78, 5) is 6.77. The predicted molar refractivity (Wildman–Crippen MR) is 78.6 cm³/mol. The molecule has 0 saturated heterocycles. The lowest BCUT2D eigenvalue weighted by Crippen LogP contribution is -2.12. The summed E-state index contributed by atoms with van der Waals surface area (Å²) in [5, 5.41) is 1.84. The number of rotatable bonds is 3. The van der Waals surface area contributed by atoms with Crippen LogP contribution < -0.4 is 10.6 Å². The summed E-state index contributed by atoms with van der Waals surface area (Å²) in [5.74, 6) is 0. The Balaban J connectivity index is 2.76. The number of hydrogen-bond acceptors (Lipinski definition) is 3. The van der Waals surface area contributed by atoms with E-state index in [4.69, 9.17) is 17.3 Å². The monoisotopic (exact) mass is 263 g/mol. The van der Waals surface area contributed by atoms with Gasteiger partial charge in [-0.3, -0.25) is 4.98 Å². The lowest BCUT2D eigenvalue weighted by Gasteiger charge is -2.18. The molecule has 0 atom stereocenters. The number of fused-ring (bicyclic) bond motifs is 1. The molecule has 0 fully saturated rings. The van der Waals surface area contributed by atoms with Gasteiger partial charge in [-0.2, -0.15) is 0 Å². The molecule has 0 amide bonds. The zero-order valence-corrected chi connectivity index (χ0v) is 11.8. The molecule has 0 aliphatic carbocycles. The molecule has 0 aliphatic heterocycles.